The molecular formula is C19H34N+. The van der Waals surface area contributed by atoms with Gasteiger partial charge in [-0.05, 0) is 18.9 Å². The maximum Gasteiger partial charge on any atom is 0.171 e. The minimum Gasteiger partial charge on any atom is -0.205 e. The average Bonchev–Trinajstić information content (AvgIpc) is 2.46. The summed E-state index contributed by atoms with van der Waals surface area (Å²) in [6.45, 7) is 5.72. The second-order valence-corrected chi connectivity index (χ2v) is 6.03. The van der Waals surface area contributed by atoms with Crippen LogP contribution in [-0.2, 0) is 13.0 Å². The van der Waals surface area contributed by atoms with Gasteiger partial charge in [0, 0.05) is 18.1 Å². The molecule has 0 atom stereocenters. The summed E-state index contributed by atoms with van der Waals surface area (Å²) in [7, 11) is 0. The lowest BCUT2D eigenvalue weighted by atomic mass is 10.1. The largest absolute Gasteiger partial charge is 0.205 e. The monoisotopic (exact) mass is 276 g/mol. The van der Waals surface area contributed by atoms with Gasteiger partial charge in [0.15, 0.2) is 12.4 Å². The summed E-state index contributed by atoms with van der Waals surface area (Å²) in [5.74, 6) is 0. The zero-order valence-corrected chi connectivity index (χ0v) is 13.7. The Morgan fingerprint density at radius 3 is 2.10 bits per heavy atom. The Morgan fingerprint density at radius 2 is 1.45 bits per heavy atom. The molecule has 0 aliphatic carbocycles. The van der Waals surface area contributed by atoms with Gasteiger partial charge < -0.3 is 0 Å². The van der Waals surface area contributed by atoms with Crippen LogP contribution in [0.5, 0.6) is 0 Å². The molecule has 0 aliphatic heterocycles. The molecule has 0 radical (unpaired) electrons. The van der Waals surface area contributed by atoms with Crippen LogP contribution in [0.15, 0.2) is 24.5 Å². The van der Waals surface area contributed by atoms with Crippen molar-refractivity contribution in [3.05, 3.63) is 30.1 Å². The molecule has 0 amide bonds. The van der Waals surface area contributed by atoms with E-state index in [1.165, 1.54) is 82.7 Å². The maximum absolute atomic E-state index is 2.37. The highest BCUT2D eigenvalue weighted by Gasteiger charge is 2.02. The molecule has 1 aromatic rings. The Morgan fingerprint density at radius 1 is 0.800 bits per heavy atom. The van der Waals surface area contributed by atoms with Crippen molar-refractivity contribution in [2.75, 3.05) is 0 Å². The molecule has 1 heteroatoms. The molecule has 0 N–H and O–H groups in total. The predicted molar refractivity (Wildman–Crippen MR) is 87.9 cm³/mol. The molecule has 1 rings (SSSR count). The van der Waals surface area contributed by atoms with Crippen LogP contribution in [0.2, 0.25) is 0 Å². The van der Waals surface area contributed by atoms with Gasteiger partial charge in [0.05, 0.1) is 0 Å². The third-order valence-electron chi connectivity index (χ3n) is 3.98. The fourth-order valence-electron chi connectivity index (χ4n) is 2.76. The van der Waals surface area contributed by atoms with Crippen molar-refractivity contribution in [1.82, 2.24) is 0 Å². The molecule has 114 valence electrons. The second-order valence-electron chi connectivity index (χ2n) is 6.03. The highest BCUT2D eigenvalue weighted by atomic mass is 14.9. The molecule has 0 unspecified atom stereocenters. The van der Waals surface area contributed by atoms with Gasteiger partial charge in [-0.3, -0.25) is 0 Å². The van der Waals surface area contributed by atoms with Crippen molar-refractivity contribution >= 4 is 0 Å². The van der Waals surface area contributed by atoms with E-state index in [0.717, 1.165) is 0 Å². The van der Waals surface area contributed by atoms with Gasteiger partial charge in [0.1, 0.15) is 6.54 Å². The van der Waals surface area contributed by atoms with Gasteiger partial charge in [0.25, 0.3) is 0 Å². The average molecular weight is 276 g/mol. The van der Waals surface area contributed by atoms with E-state index in [2.05, 4.69) is 42.9 Å². The Kier molecular flexibility index (Phi) is 10.3. The number of pyridine rings is 1. The van der Waals surface area contributed by atoms with Crippen LogP contribution in [0, 0.1) is 0 Å². The summed E-state index contributed by atoms with van der Waals surface area (Å²) >= 11 is 0. The van der Waals surface area contributed by atoms with E-state index in [0.29, 0.717) is 0 Å². The Bertz CT molecular complexity index is 332. The lowest BCUT2D eigenvalue weighted by molar-refractivity contribution is -0.697. The Labute approximate surface area is 126 Å². The summed E-state index contributed by atoms with van der Waals surface area (Å²) in [6, 6.07) is 4.44. The minimum atomic E-state index is 1.19. The van der Waals surface area contributed by atoms with E-state index in [1.54, 1.807) is 0 Å². The summed E-state index contributed by atoms with van der Waals surface area (Å²) in [6.07, 6.45) is 19.7. The smallest absolute Gasteiger partial charge is 0.171 e. The number of aryl methyl sites for hydroxylation is 2. The highest BCUT2D eigenvalue weighted by Crippen LogP contribution is 2.09. The van der Waals surface area contributed by atoms with Crippen molar-refractivity contribution in [3.8, 4) is 0 Å². The van der Waals surface area contributed by atoms with E-state index in [9.17, 15) is 0 Å². The lowest BCUT2D eigenvalue weighted by Gasteiger charge is -2.02. The zero-order valence-electron chi connectivity index (χ0n) is 13.7. The summed E-state index contributed by atoms with van der Waals surface area (Å²) < 4.78 is 2.37. The third kappa shape index (κ3) is 8.35. The number of rotatable bonds is 12. The normalized spacial score (nSPS) is 10.9. The second kappa shape index (κ2) is 11.9. The molecule has 0 saturated carbocycles. The van der Waals surface area contributed by atoms with E-state index in [4.69, 9.17) is 0 Å². The van der Waals surface area contributed by atoms with Crippen LogP contribution in [-0.4, -0.2) is 0 Å². The third-order valence-corrected chi connectivity index (χ3v) is 3.98. The first kappa shape index (κ1) is 17.2. The number of hydrogen-bond donors (Lipinski definition) is 0. The highest BCUT2D eigenvalue weighted by molar-refractivity contribution is 5.04. The molecule has 0 saturated heterocycles. The number of aromatic nitrogens is 1. The Hall–Kier alpha value is -0.850. The molecule has 20 heavy (non-hydrogen) atoms. The van der Waals surface area contributed by atoms with Crippen LogP contribution in [0.4, 0.5) is 0 Å². The first-order valence-corrected chi connectivity index (χ1v) is 8.84. The molecule has 0 spiro atoms. The Balaban J connectivity index is 2.02. The van der Waals surface area contributed by atoms with Gasteiger partial charge in [-0.2, -0.15) is 0 Å². The fraction of sp³-hybridized carbons (Fsp3) is 0.737. The summed E-state index contributed by atoms with van der Waals surface area (Å²) in [5.41, 5.74) is 1.48. The SMILES string of the molecule is CCCCCCCCCCC[n+]1cccc(CCC)c1. The van der Waals surface area contributed by atoms with Crippen molar-refractivity contribution in [3.63, 3.8) is 0 Å². The van der Waals surface area contributed by atoms with Gasteiger partial charge in [-0.1, -0.05) is 65.2 Å². The van der Waals surface area contributed by atoms with Gasteiger partial charge in [-0.25, -0.2) is 4.57 Å². The first-order chi connectivity index (χ1) is 9.86. The molecular weight excluding hydrogens is 242 g/mol. The van der Waals surface area contributed by atoms with Crippen LogP contribution in [0.25, 0.3) is 0 Å². The molecule has 1 nitrogen and oxygen atoms in total. The topological polar surface area (TPSA) is 3.88 Å². The molecule has 0 aliphatic rings. The zero-order chi connectivity index (χ0) is 14.5. The van der Waals surface area contributed by atoms with Crippen LogP contribution >= 0.6 is 0 Å². The quantitative estimate of drug-likeness (QED) is 0.353. The fourth-order valence-corrected chi connectivity index (χ4v) is 2.76. The van der Waals surface area contributed by atoms with Crippen molar-refractivity contribution in [1.29, 1.82) is 0 Å². The maximum atomic E-state index is 2.37. The molecule has 1 heterocycles. The lowest BCUT2D eigenvalue weighted by Crippen LogP contribution is -2.33. The predicted octanol–water partition coefficient (Wildman–Crippen LogP) is 5.46. The number of nitrogens with zero attached hydrogens (tertiary/aromatic N) is 1. The van der Waals surface area contributed by atoms with Crippen LogP contribution in [0.1, 0.15) is 83.6 Å². The minimum absolute atomic E-state index is 1.19. The number of unbranched alkanes of at least 4 members (excludes halogenated alkanes) is 8. The molecule has 0 bridgehead atoms. The molecule has 0 fully saturated rings. The standard InChI is InChI=1S/C19H34N/c1-3-5-6-7-8-9-10-11-12-16-20-17-13-15-19(18-20)14-4-2/h13,15,17-18H,3-12,14,16H2,1-2H3/q+1. The van der Waals surface area contributed by atoms with Crippen LogP contribution < -0.4 is 4.57 Å². The molecule has 1 aromatic heterocycles. The van der Waals surface area contributed by atoms with E-state index >= 15 is 0 Å². The molecule has 0 aromatic carbocycles. The summed E-state index contributed by atoms with van der Waals surface area (Å²) in [5, 5.41) is 0. The van der Waals surface area contributed by atoms with E-state index in [-0.39, 0.29) is 0 Å². The van der Waals surface area contributed by atoms with E-state index in [1.807, 2.05) is 0 Å². The van der Waals surface area contributed by atoms with Crippen LogP contribution in [0.3, 0.4) is 0 Å². The van der Waals surface area contributed by atoms with Gasteiger partial charge in [0.2, 0.25) is 0 Å². The van der Waals surface area contributed by atoms with Crippen molar-refractivity contribution in [2.45, 2.75) is 91.0 Å². The first-order valence-electron chi connectivity index (χ1n) is 8.84. The van der Waals surface area contributed by atoms with Gasteiger partial charge >= 0.3 is 0 Å². The summed E-state index contributed by atoms with van der Waals surface area (Å²) in [4.78, 5) is 0. The van der Waals surface area contributed by atoms with E-state index < -0.39 is 0 Å². The number of hydrogen-bond acceptors (Lipinski definition) is 0. The van der Waals surface area contributed by atoms with Crippen molar-refractivity contribution < 1.29 is 4.57 Å². The van der Waals surface area contributed by atoms with Crippen molar-refractivity contribution in [2.24, 2.45) is 0 Å². The van der Waals surface area contributed by atoms with Gasteiger partial charge in [-0.15, -0.1) is 0 Å².